The van der Waals surface area contributed by atoms with Gasteiger partial charge in [-0.15, -0.1) is 0 Å². The molecular formula is C21H21FN6O. The van der Waals surface area contributed by atoms with Crippen molar-refractivity contribution in [2.45, 2.75) is 45.8 Å². The smallest absolute Gasteiger partial charge is 0.326 e. The molecule has 148 valence electrons. The summed E-state index contributed by atoms with van der Waals surface area (Å²) >= 11 is 0. The van der Waals surface area contributed by atoms with Gasteiger partial charge in [0, 0.05) is 31.3 Å². The van der Waals surface area contributed by atoms with Crippen molar-refractivity contribution in [2.75, 3.05) is 0 Å². The van der Waals surface area contributed by atoms with Crippen LogP contribution in [0.5, 0.6) is 0 Å². The molecule has 0 saturated carbocycles. The van der Waals surface area contributed by atoms with Crippen LogP contribution >= 0.6 is 0 Å². The molecule has 8 heteroatoms. The third-order valence-corrected chi connectivity index (χ3v) is 5.04. The summed E-state index contributed by atoms with van der Waals surface area (Å²) in [6.45, 7) is 4.74. The van der Waals surface area contributed by atoms with Gasteiger partial charge in [0.15, 0.2) is 0 Å². The number of nitriles is 1. The van der Waals surface area contributed by atoms with Gasteiger partial charge in [0.2, 0.25) is 0 Å². The van der Waals surface area contributed by atoms with Gasteiger partial charge in [0.1, 0.15) is 11.6 Å². The number of hydrogen-bond donors (Lipinski definition) is 0. The first-order valence-corrected chi connectivity index (χ1v) is 9.57. The molecule has 3 heterocycles. The Morgan fingerprint density at radius 2 is 2.00 bits per heavy atom. The molecule has 0 N–H and O–H groups in total. The lowest BCUT2D eigenvalue weighted by Crippen LogP contribution is -2.26. The van der Waals surface area contributed by atoms with E-state index in [-0.39, 0.29) is 24.1 Å². The molecule has 0 unspecified atom stereocenters. The van der Waals surface area contributed by atoms with E-state index >= 15 is 0 Å². The summed E-state index contributed by atoms with van der Waals surface area (Å²) in [6, 6.07) is 8.45. The molecule has 4 rings (SSSR count). The minimum atomic E-state index is -0.358. The first kappa shape index (κ1) is 18.9. The zero-order valence-electron chi connectivity index (χ0n) is 16.3. The second kappa shape index (κ2) is 7.51. The molecule has 7 nitrogen and oxygen atoms in total. The average Bonchev–Trinajstić information content (AvgIpc) is 3.17. The summed E-state index contributed by atoms with van der Waals surface area (Å²) in [5.41, 5.74) is 2.74. The molecule has 0 amide bonds. The maximum Gasteiger partial charge on any atom is 0.329 e. The average molecular weight is 392 g/mol. The topological polar surface area (TPSA) is 81.4 Å². The summed E-state index contributed by atoms with van der Waals surface area (Å²) in [6.07, 6.45) is 4.41. The number of imidazole rings is 2. The Labute approximate surface area is 166 Å². The maximum atomic E-state index is 13.7. The Kier molecular flexibility index (Phi) is 4.89. The van der Waals surface area contributed by atoms with Crippen LogP contribution in [0.25, 0.3) is 22.1 Å². The van der Waals surface area contributed by atoms with Crippen molar-refractivity contribution in [1.29, 1.82) is 5.26 Å². The van der Waals surface area contributed by atoms with Crippen LogP contribution in [0.2, 0.25) is 0 Å². The number of aromatic nitrogens is 5. The van der Waals surface area contributed by atoms with E-state index in [9.17, 15) is 9.18 Å². The van der Waals surface area contributed by atoms with Crippen molar-refractivity contribution in [3.63, 3.8) is 0 Å². The zero-order valence-corrected chi connectivity index (χ0v) is 16.3. The van der Waals surface area contributed by atoms with Crippen LogP contribution in [0.3, 0.4) is 0 Å². The van der Waals surface area contributed by atoms with Crippen LogP contribution in [-0.4, -0.2) is 23.7 Å². The number of benzene rings is 1. The summed E-state index contributed by atoms with van der Waals surface area (Å²) in [5.74, 6) is 0.292. The van der Waals surface area contributed by atoms with E-state index in [4.69, 9.17) is 5.26 Å². The Morgan fingerprint density at radius 1 is 1.17 bits per heavy atom. The molecule has 0 radical (unpaired) electrons. The van der Waals surface area contributed by atoms with E-state index in [0.29, 0.717) is 30.7 Å². The second-order valence-electron chi connectivity index (χ2n) is 7.27. The molecule has 0 aliphatic heterocycles. The zero-order chi connectivity index (χ0) is 20.5. The fourth-order valence-corrected chi connectivity index (χ4v) is 3.76. The molecule has 0 saturated heterocycles. The lowest BCUT2D eigenvalue weighted by molar-refractivity contribution is 0.561. The lowest BCUT2D eigenvalue weighted by Gasteiger charge is -2.09. The first-order valence-electron chi connectivity index (χ1n) is 9.57. The third-order valence-electron chi connectivity index (χ3n) is 5.04. The van der Waals surface area contributed by atoms with Gasteiger partial charge in [-0.1, -0.05) is 0 Å². The quantitative estimate of drug-likeness (QED) is 0.469. The summed E-state index contributed by atoms with van der Waals surface area (Å²) in [7, 11) is 0. The van der Waals surface area contributed by atoms with Crippen LogP contribution in [0.15, 0.2) is 41.5 Å². The van der Waals surface area contributed by atoms with Crippen molar-refractivity contribution in [3.8, 4) is 6.07 Å². The van der Waals surface area contributed by atoms with E-state index < -0.39 is 0 Å². The number of pyridine rings is 1. The third kappa shape index (κ3) is 3.29. The number of unbranched alkanes of at least 4 members (excludes halogenated alkanes) is 1. The Balaban J connectivity index is 1.86. The van der Waals surface area contributed by atoms with E-state index in [0.717, 1.165) is 16.6 Å². The molecule has 0 bridgehead atoms. The number of fused-ring (bicyclic) bond motifs is 2. The van der Waals surface area contributed by atoms with Gasteiger partial charge in [-0.3, -0.25) is 14.1 Å². The highest BCUT2D eigenvalue weighted by Crippen LogP contribution is 2.21. The van der Waals surface area contributed by atoms with Crippen molar-refractivity contribution in [1.82, 2.24) is 23.7 Å². The fourth-order valence-electron chi connectivity index (χ4n) is 3.76. The Hall–Kier alpha value is -3.47. The molecule has 0 spiro atoms. The maximum absolute atomic E-state index is 13.7. The summed E-state index contributed by atoms with van der Waals surface area (Å²) in [4.78, 5) is 21.9. The van der Waals surface area contributed by atoms with Gasteiger partial charge < -0.3 is 4.57 Å². The molecule has 29 heavy (non-hydrogen) atoms. The van der Waals surface area contributed by atoms with Crippen molar-refractivity contribution in [2.24, 2.45) is 0 Å². The summed E-state index contributed by atoms with van der Waals surface area (Å²) in [5, 5.41) is 8.88. The van der Waals surface area contributed by atoms with E-state index in [1.807, 2.05) is 24.5 Å². The molecule has 0 aliphatic rings. The Bertz CT molecular complexity index is 1290. The van der Waals surface area contributed by atoms with Gasteiger partial charge in [-0.2, -0.15) is 5.26 Å². The highest BCUT2D eigenvalue weighted by molar-refractivity contribution is 5.77. The molecule has 3 aromatic heterocycles. The molecule has 1 aromatic carbocycles. The predicted molar refractivity (Wildman–Crippen MR) is 108 cm³/mol. The number of nitrogens with zero attached hydrogens (tertiary/aromatic N) is 6. The standard InChI is InChI=1S/C21H21FN6O/c1-14(2)28-18-7-9-24-12-19(18)27(21(28)29)13-20-25-16-11-15(22)5-6-17(16)26(20)10-4-3-8-23/h5-7,9,11-12,14H,3-4,10,13H2,1-2H3. The van der Waals surface area contributed by atoms with Crippen LogP contribution < -0.4 is 5.69 Å². The minimum absolute atomic E-state index is 0.00260. The predicted octanol–water partition coefficient (Wildman–Crippen LogP) is 3.62. The van der Waals surface area contributed by atoms with E-state index in [2.05, 4.69) is 16.0 Å². The largest absolute Gasteiger partial charge is 0.329 e. The number of aryl methyl sites for hydroxylation is 1. The van der Waals surface area contributed by atoms with Crippen LogP contribution in [0.4, 0.5) is 4.39 Å². The highest BCUT2D eigenvalue weighted by atomic mass is 19.1. The summed E-state index contributed by atoms with van der Waals surface area (Å²) < 4.78 is 19.1. The van der Waals surface area contributed by atoms with Gasteiger partial charge in [-0.25, -0.2) is 14.2 Å². The van der Waals surface area contributed by atoms with E-state index in [1.54, 1.807) is 27.6 Å². The molecule has 0 atom stereocenters. The molecule has 0 aliphatic carbocycles. The van der Waals surface area contributed by atoms with Gasteiger partial charge >= 0.3 is 5.69 Å². The minimum Gasteiger partial charge on any atom is -0.326 e. The number of hydrogen-bond acceptors (Lipinski definition) is 4. The number of halogens is 1. The van der Waals surface area contributed by atoms with Gasteiger partial charge in [0.05, 0.1) is 40.9 Å². The molecular weight excluding hydrogens is 371 g/mol. The normalized spacial score (nSPS) is 11.6. The molecule has 0 fully saturated rings. The van der Waals surface area contributed by atoms with Crippen molar-refractivity contribution < 1.29 is 4.39 Å². The van der Waals surface area contributed by atoms with Gasteiger partial charge in [-0.05, 0) is 38.5 Å². The molecule has 4 aromatic rings. The van der Waals surface area contributed by atoms with Crippen molar-refractivity contribution in [3.05, 3.63) is 58.8 Å². The van der Waals surface area contributed by atoms with Gasteiger partial charge in [0.25, 0.3) is 0 Å². The SMILES string of the molecule is CC(C)n1c(=O)n(Cc2nc3cc(F)ccc3n2CCCC#N)c2cnccc21. The van der Waals surface area contributed by atoms with Crippen LogP contribution in [0.1, 0.15) is 38.6 Å². The highest BCUT2D eigenvalue weighted by Gasteiger charge is 2.18. The van der Waals surface area contributed by atoms with Crippen LogP contribution in [0, 0.1) is 17.1 Å². The fraction of sp³-hybridized carbons (Fsp3) is 0.333. The van der Waals surface area contributed by atoms with Crippen molar-refractivity contribution >= 4 is 22.1 Å². The Morgan fingerprint density at radius 3 is 2.76 bits per heavy atom. The monoisotopic (exact) mass is 392 g/mol. The van der Waals surface area contributed by atoms with E-state index in [1.165, 1.54) is 12.1 Å². The first-order chi connectivity index (χ1) is 14.0. The lowest BCUT2D eigenvalue weighted by atomic mass is 10.3. The second-order valence-corrected chi connectivity index (χ2v) is 7.27. The number of rotatable bonds is 6. The van der Waals surface area contributed by atoms with Crippen LogP contribution in [-0.2, 0) is 13.1 Å².